The Kier molecular flexibility index (Phi) is 8.47. The third-order valence-corrected chi connectivity index (χ3v) is 9.08. The third kappa shape index (κ3) is 4.53. The fourth-order valence-electron chi connectivity index (χ4n) is 6.99. The Labute approximate surface area is 236 Å². The van der Waals surface area contributed by atoms with Gasteiger partial charge in [-0.15, -0.1) is 13.2 Å². The molecule has 1 aromatic rings. The van der Waals surface area contributed by atoms with Gasteiger partial charge in [0.1, 0.15) is 23.3 Å². The number of fused-ring (bicyclic) bond motifs is 1. The van der Waals surface area contributed by atoms with Gasteiger partial charge in [-0.3, -0.25) is 14.4 Å². The molecule has 3 aliphatic heterocycles. The number of anilines is 1. The summed E-state index contributed by atoms with van der Waals surface area (Å²) in [6, 6.07) is 5.38. The predicted octanol–water partition coefficient (Wildman–Crippen LogP) is 3.36. The molecule has 3 aliphatic rings. The monoisotopic (exact) mass is 554 g/mol. The SMILES string of the molecule is C=CCCOC(=O)[C@@H]1[C@H]2C(=O)N([C@@H](CO)C(C)C)C(C(=O)N(CC=C)c3ccc(OC)cc3)C23CC(C)[C@@]1(C)O3. The second kappa shape index (κ2) is 11.4. The number of rotatable bonds is 12. The van der Waals surface area contributed by atoms with E-state index >= 15 is 0 Å². The molecule has 1 spiro atoms. The molecule has 9 nitrogen and oxygen atoms in total. The molecule has 3 heterocycles. The summed E-state index contributed by atoms with van der Waals surface area (Å²) >= 11 is 0. The van der Waals surface area contributed by atoms with E-state index in [9.17, 15) is 19.5 Å². The van der Waals surface area contributed by atoms with Crippen molar-refractivity contribution in [2.24, 2.45) is 23.7 Å². The van der Waals surface area contributed by atoms with Gasteiger partial charge >= 0.3 is 5.97 Å². The van der Waals surface area contributed by atoms with Gasteiger partial charge in [-0.1, -0.05) is 32.9 Å². The van der Waals surface area contributed by atoms with Crippen LogP contribution in [0.25, 0.3) is 0 Å². The summed E-state index contributed by atoms with van der Waals surface area (Å²) in [5, 5.41) is 10.5. The second-order valence-corrected chi connectivity index (χ2v) is 11.6. The van der Waals surface area contributed by atoms with Crippen LogP contribution in [0.4, 0.5) is 5.69 Å². The molecule has 7 atom stereocenters. The quantitative estimate of drug-likeness (QED) is 0.240. The number of ether oxygens (including phenoxy) is 3. The molecular weight excluding hydrogens is 512 g/mol. The number of carbonyl (C=O) groups excluding carboxylic acids is 3. The molecule has 2 bridgehead atoms. The number of nitrogens with zero attached hydrogens (tertiary/aromatic N) is 2. The first kappa shape index (κ1) is 29.8. The van der Waals surface area contributed by atoms with E-state index in [0.29, 0.717) is 24.3 Å². The zero-order valence-electron chi connectivity index (χ0n) is 24.2. The van der Waals surface area contributed by atoms with E-state index in [-0.39, 0.29) is 43.4 Å². The molecule has 3 unspecified atom stereocenters. The molecule has 40 heavy (non-hydrogen) atoms. The molecule has 3 saturated heterocycles. The van der Waals surface area contributed by atoms with Crippen LogP contribution in [-0.4, -0.2) is 77.9 Å². The number of hydrogen-bond donors (Lipinski definition) is 1. The average molecular weight is 555 g/mol. The van der Waals surface area contributed by atoms with Gasteiger partial charge in [0.15, 0.2) is 0 Å². The highest BCUT2D eigenvalue weighted by atomic mass is 16.6. The van der Waals surface area contributed by atoms with Crippen LogP contribution in [0.5, 0.6) is 5.75 Å². The Bertz CT molecular complexity index is 1150. The summed E-state index contributed by atoms with van der Waals surface area (Å²) in [4.78, 5) is 45.7. The van der Waals surface area contributed by atoms with Crippen molar-refractivity contribution in [1.82, 2.24) is 4.90 Å². The van der Waals surface area contributed by atoms with Crippen LogP contribution in [-0.2, 0) is 23.9 Å². The van der Waals surface area contributed by atoms with Crippen LogP contribution >= 0.6 is 0 Å². The smallest absolute Gasteiger partial charge is 0.312 e. The lowest BCUT2D eigenvalue weighted by molar-refractivity contribution is -0.162. The Hall–Kier alpha value is -3.17. The minimum atomic E-state index is -1.25. The Balaban J connectivity index is 1.84. The minimum absolute atomic E-state index is 0.121. The van der Waals surface area contributed by atoms with Crippen LogP contribution in [0.1, 0.15) is 40.5 Å². The van der Waals surface area contributed by atoms with Gasteiger partial charge in [0.05, 0.1) is 37.9 Å². The summed E-state index contributed by atoms with van der Waals surface area (Å²) in [6.07, 6.45) is 4.20. The van der Waals surface area contributed by atoms with Crippen molar-refractivity contribution < 1.29 is 33.7 Å². The number of benzene rings is 1. The molecule has 1 aromatic carbocycles. The van der Waals surface area contributed by atoms with E-state index in [1.807, 2.05) is 27.7 Å². The first-order chi connectivity index (χ1) is 19.0. The van der Waals surface area contributed by atoms with Gasteiger partial charge in [0.25, 0.3) is 5.91 Å². The van der Waals surface area contributed by atoms with Gasteiger partial charge in [-0.2, -0.15) is 0 Å². The van der Waals surface area contributed by atoms with Crippen molar-refractivity contribution in [3.63, 3.8) is 0 Å². The number of likely N-dealkylation sites (tertiary alicyclic amines) is 1. The van der Waals surface area contributed by atoms with E-state index in [4.69, 9.17) is 14.2 Å². The maximum Gasteiger partial charge on any atom is 0.312 e. The van der Waals surface area contributed by atoms with Crippen LogP contribution in [0.2, 0.25) is 0 Å². The van der Waals surface area contributed by atoms with Gasteiger partial charge in [-0.05, 0) is 55.9 Å². The van der Waals surface area contributed by atoms with E-state index in [2.05, 4.69) is 13.2 Å². The summed E-state index contributed by atoms with van der Waals surface area (Å²) in [6.45, 7) is 15.2. The predicted molar refractivity (Wildman–Crippen MR) is 151 cm³/mol. The Morgan fingerprint density at radius 2 is 1.93 bits per heavy atom. The first-order valence-corrected chi connectivity index (χ1v) is 14.0. The lowest BCUT2D eigenvalue weighted by Crippen LogP contribution is -2.60. The Morgan fingerprint density at radius 3 is 2.48 bits per heavy atom. The molecule has 218 valence electrons. The highest BCUT2D eigenvalue weighted by Gasteiger charge is 2.81. The number of aliphatic hydroxyl groups is 1. The fourth-order valence-corrected chi connectivity index (χ4v) is 6.99. The maximum atomic E-state index is 14.7. The molecule has 0 saturated carbocycles. The number of carbonyl (C=O) groups is 3. The fraction of sp³-hybridized carbons (Fsp3) is 0.581. The number of methoxy groups -OCH3 is 1. The lowest BCUT2D eigenvalue weighted by atomic mass is 9.62. The molecule has 9 heteroatoms. The summed E-state index contributed by atoms with van der Waals surface area (Å²) in [7, 11) is 1.57. The van der Waals surface area contributed by atoms with Crippen molar-refractivity contribution in [3.8, 4) is 5.75 Å². The van der Waals surface area contributed by atoms with Gasteiger partial charge in [-0.25, -0.2) is 0 Å². The molecular formula is C31H42N2O7. The minimum Gasteiger partial charge on any atom is -0.497 e. The average Bonchev–Trinajstić information content (AvgIpc) is 3.44. The standard InChI is InChI=1S/C31H42N2O7/c1-8-10-16-39-29(37)25-24-27(35)33(23(18-34)19(3)4)26(31(24)17-20(5)30(25,6)40-31)28(36)32(15-9-2)21-11-13-22(38-7)14-12-21/h8-9,11-14,19-20,23-26,34H,1-2,10,15-18H2,3-7H3/t20?,23-,24-,25-,26?,30+,31?/m0/s1. The lowest BCUT2D eigenvalue weighted by Gasteiger charge is -2.40. The van der Waals surface area contributed by atoms with Crippen molar-refractivity contribution >= 4 is 23.5 Å². The van der Waals surface area contributed by atoms with Gasteiger partial charge in [0.2, 0.25) is 5.91 Å². The van der Waals surface area contributed by atoms with Crippen molar-refractivity contribution in [2.45, 2.75) is 63.8 Å². The highest BCUT2D eigenvalue weighted by molar-refractivity contribution is 6.05. The second-order valence-electron chi connectivity index (χ2n) is 11.6. The molecule has 3 fully saturated rings. The third-order valence-electron chi connectivity index (χ3n) is 9.08. The maximum absolute atomic E-state index is 14.7. The molecule has 0 aliphatic carbocycles. The topological polar surface area (TPSA) is 106 Å². The van der Waals surface area contributed by atoms with E-state index in [1.165, 1.54) is 4.90 Å². The summed E-state index contributed by atoms with van der Waals surface area (Å²) < 4.78 is 17.7. The van der Waals surface area contributed by atoms with Gasteiger partial charge < -0.3 is 29.1 Å². The van der Waals surface area contributed by atoms with Crippen LogP contribution < -0.4 is 9.64 Å². The highest BCUT2D eigenvalue weighted by Crippen LogP contribution is 2.66. The molecule has 0 aromatic heterocycles. The largest absolute Gasteiger partial charge is 0.497 e. The summed E-state index contributed by atoms with van der Waals surface area (Å²) in [5.41, 5.74) is -1.62. The van der Waals surface area contributed by atoms with Crippen LogP contribution in [0, 0.1) is 23.7 Å². The number of amides is 2. The first-order valence-electron chi connectivity index (χ1n) is 14.0. The van der Waals surface area contributed by atoms with E-state index in [0.717, 1.165) is 0 Å². The van der Waals surface area contributed by atoms with E-state index in [1.54, 1.807) is 48.4 Å². The number of hydrogen-bond acceptors (Lipinski definition) is 7. The van der Waals surface area contributed by atoms with Gasteiger partial charge in [0, 0.05) is 12.2 Å². The van der Waals surface area contributed by atoms with Crippen molar-refractivity contribution in [3.05, 3.63) is 49.6 Å². The van der Waals surface area contributed by atoms with Crippen LogP contribution in [0.15, 0.2) is 49.6 Å². The van der Waals surface area contributed by atoms with Crippen LogP contribution in [0.3, 0.4) is 0 Å². The molecule has 1 N–H and O–H groups in total. The normalized spacial score (nSPS) is 31.2. The zero-order chi connectivity index (χ0) is 29.4. The van der Waals surface area contributed by atoms with Crippen molar-refractivity contribution in [1.29, 1.82) is 0 Å². The van der Waals surface area contributed by atoms with Crippen molar-refractivity contribution in [2.75, 3.05) is 31.8 Å². The summed E-state index contributed by atoms with van der Waals surface area (Å²) in [5.74, 6) is -2.64. The Morgan fingerprint density at radius 1 is 1.25 bits per heavy atom. The number of aliphatic hydroxyl groups excluding tert-OH is 1. The zero-order valence-corrected chi connectivity index (χ0v) is 24.2. The van der Waals surface area contributed by atoms with E-state index < -0.39 is 41.1 Å². The molecule has 0 radical (unpaired) electrons. The molecule has 4 rings (SSSR count). The molecule has 2 amide bonds. The number of esters is 1.